The van der Waals surface area contributed by atoms with Crippen LogP contribution < -0.4 is 4.72 Å². The molecular weight excluding hydrogens is 262 g/mol. The molecule has 0 spiro atoms. The third-order valence-corrected chi connectivity index (χ3v) is 4.99. The molecule has 106 valence electrons. The van der Waals surface area contributed by atoms with Gasteiger partial charge in [-0.05, 0) is 16.5 Å². The summed E-state index contributed by atoms with van der Waals surface area (Å²) in [6.07, 6.45) is -0.189. The zero-order valence-electron chi connectivity index (χ0n) is 11.6. The zero-order valence-corrected chi connectivity index (χ0v) is 12.4. The molecule has 0 heterocycles. The van der Waals surface area contributed by atoms with Gasteiger partial charge < -0.3 is 5.11 Å². The Bertz CT molecular complexity index is 560. The first-order valence-electron chi connectivity index (χ1n) is 6.44. The van der Waals surface area contributed by atoms with Gasteiger partial charge in [0.2, 0.25) is 10.0 Å². The summed E-state index contributed by atoms with van der Waals surface area (Å²) >= 11 is 0. The number of rotatable bonds is 3. The minimum atomic E-state index is -3.41. The van der Waals surface area contributed by atoms with Gasteiger partial charge in [-0.3, -0.25) is 0 Å². The molecule has 0 radical (unpaired) electrons. The van der Waals surface area contributed by atoms with Crippen molar-refractivity contribution in [2.45, 2.75) is 39.3 Å². The van der Waals surface area contributed by atoms with Gasteiger partial charge in [-0.1, -0.05) is 45.0 Å². The lowest BCUT2D eigenvalue weighted by atomic mass is 10.0. The first kappa shape index (κ1) is 14.5. The van der Waals surface area contributed by atoms with Gasteiger partial charge in [0.05, 0.1) is 17.9 Å². The monoisotopic (exact) mass is 283 g/mol. The highest BCUT2D eigenvalue weighted by molar-refractivity contribution is 7.89. The third-order valence-electron chi connectivity index (χ3n) is 3.13. The van der Waals surface area contributed by atoms with Crippen LogP contribution in [0.4, 0.5) is 0 Å². The van der Waals surface area contributed by atoms with E-state index >= 15 is 0 Å². The van der Waals surface area contributed by atoms with Crippen molar-refractivity contribution >= 4 is 10.0 Å². The van der Waals surface area contributed by atoms with E-state index in [0.717, 1.165) is 11.1 Å². The van der Waals surface area contributed by atoms with Crippen molar-refractivity contribution in [3.05, 3.63) is 35.4 Å². The van der Waals surface area contributed by atoms with Crippen LogP contribution in [0.3, 0.4) is 0 Å². The highest BCUT2D eigenvalue weighted by Crippen LogP contribution is 2.32. The van der Waals surface area contributed by atoms with E-state index in [0.29, 0.717) is 6.42 Å². The van der Waals surface area contributed by atoms with Crippen LogP contribution in [0, 0.1) is 5.41 Å². The average Bonchev–Trinajstić information content (AvgIpc) is 2.52. The van der Waals surface area contributed by atoms with E-state index in [4.69, 9.17) is 0 Å². The summed E-state index contributed by atoms with van der Waals surface area (Å²) in [6, 6.07) is 7.04. The number of fused-ring (bicyclic) bond motifs is 1. The summed E-state index contributed by atoms with van der Waals surface area (Å²) < 4.78 is 26.9. The Hall–Kier alpha value is -0.910. The Labute approximate surface area is 114 Å². The molecule has 0 aliphatic heterocycles. The minimum absolute atomic E-state index is 0.0470. The van der Waals surface area contributed by atoms with Crippen LogP contribution in [0.5, 0.6) is 0 Å². The molecule has 1 aliphatic rings. The molecule has 1 aromatic carbocycles. The second kappa shape index (κ2) is 4.89. The predicted molar refractivity (Wildman–Crippen MR) is 75.3 cm³/mol. The first-order chi connectivity index (χ1) is 8.68. The van der Waals surface area contributed by atoms with Crippen molar-refractivity contribution in [2.75, 3.05) is 5.75 Å². The van der Waals surface area contributed by atoms with Crippen LogP contribution in [0.1, 0.15) is 37.9 Å². The summed E-state index contributed by atoms with van der Waals surface area (Å²) in [5.41, 5.74) is 1.58. The van der Waals surface area contributed by atoms with Gasteiger partial charge in [0, 0.05) is 6.42 Å². The fourth-order valence-corrected chi connectivity index (χ4v) is 4.42. The number of benzene rings is 1. The maximum atomic E-state index is 12.1. The Kier molecular flexibility index (Phi) is 3.73. The number of sulfonamides is 1. The summed E-state index contributed by atoms with van der Waals surface area (Å²) in [5.74, 6) is 0.0470. The van der Waals surface area contributed by atoms with Crippen LogP contribution in [0.25, 0.3) is 0 Å². The van der Waals surface area contributed by atoms with E-state index in [1.165, 1.54) is 0 Å². The van der Waals surface area contributed by atoms with E-state index in [9.17, 15) is 13.5 Å². The summed E-state index contributed by atoms with van der Waals surface area (Å²) in [4.78, 5) is 0. The minimum Gasteiger partial charge on any atom is -0.391 e. The number of hydrogen-bond donors (Lipinski definition) is 2. The van der Waals surface area contributed by atoms with Crippen LogP contribution >= 0.6 is 0 Å². The molecule has 4 nitrogen and oxygen atoms in total. The van der Waals surface area contributed by atoms with Gasteiger partial charge >= 0.3 is 0 Å². The molecule has 0 saturated heterocycles. The number of hydrogen-bond acceptors (Lipinski definition) is 3. The maximum absolute atomic E-state index is 12.1. The van der Waals surface area contributed by atoms with E-state index in [-0.39, 0.29) is 11.2 Å². The summed E-state index contributed by atoms with van der Waals surface area (Å²) in [6.45, 7) is 5.64. The molecule has 0 aromatic heterocycles. The molecular formula is C14H21NO3S. The smallest absolute Gasteiger partial charge is 0.212 e. The topological polar surface area (TPSA) is 66.4 Å². The van der Waals surface area contributed by atoms with Gasteiger partial charge in [0.15, 0.2) is 0 Å². The SMILES string of the molecule is CC(C)(C)CS(=O)(=O)N[C@H]1c2ccccc2C[C@H]1O. The molecule has 0 bridgehead atoms. The Morgan fingerprint density at radius 1 is 1.32 bits per heavy atom. The van der Waals surface area contributed by atoms with Crippen molar-refractivity contribution in [1.82, 2.24) is 4.72 Å². The number of aliphatic hydroxyl groups excluding tert-OH is 1. The molecule has 2 atom stereocenters. The lowest BCUT2D eigenvalue weighted by Gasteiger charge is -2.22. The van der Waals surface area contributed by atoms with E-state index < -0.39 is 22.2 Å². The molecule has 0 saturated carbocycles. The van der Waals surface area contributed by atoms with Crippen molar-refractivity contribution in [2.24, 2.45) is 5.41 Å². The molecule has 0 unspecified atom stereocenters. The Balaban J connectivity index is 2.20. The average molecular weight is 283 g/mol. The number of aliphatic hydroxyl groups is 1. The largest absolute Gasteiger partial charge is 0.391 e. The highest BCUT2D eigenvalue weighted by Gasteiger charge is 2.34. The van der Waals surface area contributed by atoms with E-state index in [1.807, 2.05) is 45.0 Å². The molecule has 1 aliphatic carbocycles. The molecule has 2 N–H and O–H groups in total. The lowest BCUT2D eigenvalue weighted by molar-refractivity contribution is 0.151. The van der Waals surface area contributed by atoms with Crippen LogP contribution in [-0.4, -0.2) is 25.4 Å². The predicted octanol–water partition coefficient (Wildman–Crippen LogP) is 1.61. The Morgan fingerprint density at radius 2 is 1.95 bits per heavy atom. The second-order valence-electron chi connectivity index (χ2n) is 6.39. The molecule has 5 heteroatoms. The quantitative estimate of drug-likeness (QED) is 0.885. The molecule has 1 aromatic rings. The van der Waals surface area contributed by atoms with Crippen molar-refractivity contribution in [1.29, 1.82) is 0 Å². The highest BCUT2D eigenvalue weighted by atomic mass is 32.2. The zero-order chi connectivity index (χ0) is 14.3. The summed E-state index contributed by atoms with van der Waals surface area (Å²) in [7, 11) is -3.41. The van der Waals surface area contributed by atoms with Crippen LogP contribution in [0.2, 0.25) is 0 Å². The lowest BCUT2D eigenvalue weighted by Crippen LogP contribution is -2.38. The summed E-state index contributed by atoms with van der Waals surface area (Å²) in [5, 5.41) is 10.0. The molecule has 0 fully saturated rings. The standard InChI is InChI=1S/C14H21NO3S/c1-14(2,3)9-19(17,18)15-13-11-7-5-4-6-10(11)8-12(13)16/h4-7,12-13,15-16H,8-9H2,1-3H3/t12-,13+/m1/s1. The van der Waals surface area contributed by atoms with Gasteiger partial charge in [0.1, 0.15) is 0 Å². The fraction of sp³-hybridized carbons (Fsp3) is 0.571. The first-order valence-corrected chi connectivity index (χ1v) is 8.09. The maximum Gasteiger partial charge on any atom is 0.212 e. The van der Waals surface area contributed by atoms with Crippen LogP contribution in [0.15, 0.2) is 24.3 Å². The van der Waals surface area contributed by atoms with Crippen molar-refractivity contribution in [3.8, 4) is 0 Å². The normalized spacial score (nSPS) is 23.4. The molecule has 0 amide bonds. The Morgan fingerprint density at radius 3 is 2.58 bits per heavy atom. The van der Waals surface area contributed by atoms with Crippen molar-refractivity contribution < 1.29 is 13.5 Å². The van der Waals surface area contributed by atoms with Gasteiger partial charge in [0.25, 0.3) is 0 Å². The van der Waals surface area contributed by atoms with Crippen molar-refractivity contribution in [3.63, 3.8) is 0 Å². The van der Waals surface area contributed by atoms with Gasteiger partial charge in [-0.25, -0.2) is 13.1 Å². The third kappa shape index (κ3) is 3.55. The fourth-order valence-electron chi connectivity index (χ4n) is 2.52. The van der Waals surface area contributed by atoms with Gasteiger partial charge in [-0.2, -0.15) is 0 Å². The number of nitrogens with one attached hydrogen (secondary N) is 1. The molecule has 2 rings (SSSR count). The second-order valence-corrected chi connectivity index (χ2v) is 8.14. The molecule has 19 heavy (non-hydrogen) atoms. The van der Waals surface area contributed by atoms with E-state index in [2.05, 4.69) is 4.72 Å². The van der Waals surface area contributed by atoms with Crippen LogP contribution in [-0.2, 0) is 16.4 Å². The van der Waals surface area contributed by atoms with E-state index in [1.54, 1.807) is 0 Å². The van der Waals surface area contributed by atoms with Gasteiger partial charge in [-0.15, -0.1) is 0 Å².